The van der Waals surface area contributed by atoms with Crippen LogP contribution in [0.15, 0.2) is 30.7 Å². The number of H-pyrrole nitrogens is 1. The van der Waals surface area contributed by atoms with E-state index in [-0.39, 0.29) is 0 Å². The van der Waals surface area contributed by atoms with Gasteiger partial charge in [0.1, 0.15) is 0 Å². The summed E-state index contributed by atoms with van der Waals surface area (Å²) in [6.07, 6.45) is 6.79. The molecule has 2 aromatic heterocycles. The zero-order valence-electron chi connectivity index (χ0n) is 10.4. The summed E-state index contributed by atoms with van der Waals surface area (Å²) in [5.41, 5.74) is 2.06. The molecule has 0 aliphatic carbocycles. The van der Waals surface area contributed by atoms with Crippen LogP contribution in [-0.4, -0.2) is 41.1 Å². The number of hydrogen-bond acceptors (Lipinski definition) is 4. The van der Waals surface area contributed by atoms with Gasteiger partial charge >= 0.3 is 0 Å². The topological polar surface area (TPSA) is 56.8 Å². The average molecular weight is 243 g/mol. The molecule has 1 fully saturated rings. The Morgan fingerprint density at radius 1 is 1.33 bits per heavy atom. The van der Waals surface area contributed by atoms with Gasteiger partial charge in [-0.2, -0.15) is 0 Å². The maximum atomic E-state index is 4.45. The summed E-state index contributed by atoms with van der Waals surface area (Å²) >= 11 is 0. The average Bonchev–Trinajstić information content (AvgIpc) is 3.11. The third kappa shape index (κ3) is 2.09. The van der Waals surface area contributed by atoms with Crippen molar-refractivity contribution in [1.82, 2.24) is 20.3 Å². The van der Waals surface area contributed by atoms with Crippen molar-refractivity contribution in [3.63, 3.8) is 0 Å². The predicted octanol–water partition coefficient (Wildman–Crippen LogP) is 1.27. The quantitative estimate of drug-likeness (QED) is 0.852. The van der Waals surface area contributed by atoms with E-state index in [2.05, 4.69) is 32.2 Å². The van der Waals surface area contributed by atoms with E-state index in [0.717, 1.165) is 36.7 Å². The molecule has 0 radical (unpaired) electrons. The van der Waals surface area contributed by atoms with Crippen LogP contribution in [0.5, 0.6) is 0 Å². The first kappa shape index (κ1) is 11.2. The normalized spacial score (nSPS) is 19.1. The summed E-state index contributed by atoms with van der Waals surface area (Å²) in [6.45, 7) is 2.09. The van der Waals surface area contributed by atoms with Crippen LogP contribution < -0.4 is 10.2 Å². The molecule has 0 aromatic carbocycles. The molecule has 0 saturated carbocycles. The summed E-state index contributed by atoms with van der Waals surface area (Å²) in [5, 5.41) is 3.35. The highest BCUT2D eigenvalue weighted by Crippen LogP contribution is 2.18. The highest BCUT2D eigenvalue weighted by Gasteiger charge is 2.20. The Kier molecular flexibility index (Phi) is 2.98. The fourth-order valence-corrected chi connectivity index (χ4v) is 2.29. The third-order valence-electron chi connectivity index (χ3n) is 3.44. The molecule has 0 amide bonds. The molecule has 1 unspecified atom stereocenters. The molecule has 0 bridgehead atoms. The third-order valence-corrected chi connectivity index (χ3v) is 3.44. The van der Waals surface area contributed by atoms with Crippen LogP contribution in [0.25, 0.3) is 11.3 Å². The molecule has 1 aliphatic rings. The van der Waals surface area contributed by atoms with Crippen molar-refractivity contribution in [3.05, 3.63) is 30.7 Å². The van der Waals surface area contributed by atoms with Crippen LogP contribution in [0.3, 0.4) is 0 Å². The van der Waals surface area contributed by atoms with Gasteiger partial charge in [0.2, 0.25) is 5.95 Å². The molecule has 2 aromatic rings. The Balaban J connectivity index is 1.78. The molecule has 3 heterocycles. The summed E-state index contributed by atoms with van der Waals surface area (Å²) in [7, 11) is 2.06. The summed E-state index contributed by atoms with van der Waals surface area (Å²) in [6, 6.07) is 4.49. The van der Waals surface area contributed by atoms with E-state index in [9.17, 15) is 0 Å². The van der Waals surface area contributed by atoms with Gasteiger partial charge in [0.05, 0.1) is 0 Å². The van der Waals surface area contributed by atoms with E-state index in [4.69, 9.17) is 0 Å². The Morgan fingerprint density at radius 2 is 2.17 bits per heavy atom. The van der Waals surface area contributed by atoms with Gasteiger partial charge in [-0.25, -0.2) is 9.97 Å². The molecule has 1 aliphatic heterocycles. The van der Waals surface area contributed by atoms with Crippen LogP contribution in [0.2, 0.25) is 0 Å². The second kappa shape index (κ2) is 4.78. The van der Waals surface area contributed by atoms with Gasteiger partial charge in [0, 0.05) is 49.5 Å². The largest absolute Gasteiger partial charge is 0.361 e. The van der Waals surface area contributed by atoms with Crippen LogP contribution in [0.4, 0.5) is 5.95 Å². The Bertz CT molecular complexity index is 485. The maximum absolute atomic E-state index is 4.45. The fourth-order valence-electron chi connectivity index (χ4n) is 2.29. The monoisotopic (exact) mass is 243 g/mol. The van der Waals surface area contributed by atoms with E-state index in [1.165, 1.54) is 0 Å². The minimum Gasteiger partial charge on any atom is -0.361 e. The molecular formula is C13H17N5. The van der Waals surface area contributed by atoms with Crippen molar-refractivity contribution >= 4 is 5.95 Å². The Morgan fingerprint density at radius 3 is 2.78 bits per heavy atom. The zero-order valence-corrected chi connectivity index (χ0v) is 10.4. The number of likely N-dealkylation sites (N-methyl/N-ethyl adjacent to an activating group) is 1. The number of nitrogens with one attached hydrogen (secondary N) is 2. The van der Waals surface area contributed by atoms with E-state index in [1.807, 2.05) is 30.7 Å². The number of rotatable bonds is 3. The Hall–Kier alpha value is -1.88. The summed E-state index contributed by atoms with van der Waals surface area (Å²) in [5.74, 6) is 0.791. The lowest BCUT2D eigenvalue weighted by molar-refractivity contribution is 0.668. The van der Waals surface area contributed by atoms with Gasteiger partial charge in [-0.15, -0.1) is 0 Å². The lowest BCUT2D eigenvalue weighted by Crippen LogP contribution is -2.34. The second-order valence-electron chi connectivity index (χ2n) is 4.61. The number of hydrogen-bond donors (Lipinski definition) is 2. The van der Waals surface area contributed by atoms with Gasteiger partial charge in [0.25, 0.3) is 0 Å². The fraction of sp³-hybridized carbons (Fsp3) is 0.385. The first-order valence-corrected chi connectivity index (χ1v) is 6.24. The lowest BCUT2D eigenvalue weighted by Gasteiger charge is -2.23. The molecule has 94 valence electrons. The molecular weight excluding hydrogens is 226 g/mol. The molecule has 3 rings (SSSR count). The molecule has 0 spiro atoms. The molecule has 18 heavy (non-hydrogen) atoms. The van der Waals surface area contributed by atoms with Crippen LogP contribution >= 0.6 is 0 Å². The van der Waals surface area contributed by atoms with Crippen molar-refractivity contribution in [2.24, 2.45) is 0 Å². The van der Waals surface area contributed by atoms with Gasteiger partial charge in [0.15, 0.2) is 0 Å². The van der Waals surface area contributed by atoms with Crippen molar-refractivity contribution in [2.75, 3.05) is 25.0 Å². The first-order valence-electron chi connectivity index (χ1n) is 6.24. The summed E-state index contributed by atoms with van der Waals surface area (Å²) < 4.78 is 0. The smallest absolute Gasteiger partial charge is 0.225 e. The number of nitrogens with zero attached hydrogens (tertiary/aromatic N) is 3. The van der Waals surface area contributed by atoms with Crippen LogP contribution in [0, 0.1) is 0 Å². The molecule has 1 atom stereocenters. The van der Waals surface area contributed by atoms with Crippen molar-refractivity contribution in [1.29, 1.82) is 0 Å². The Labute approximate surface area is 106 Å². The number of aromatic nitrogens is 3. The van der Waals surface area contributed by atoms with Gasteiger partial charge in [-0.1, -0.05) is 0 Å². The molecule has 1 saturated heterocycles. The zero-order chi connectivity index (χ0) is 12.4. The van der Waals surface area contributed by atoms with Crippen LogP contribution in [0.1, 0.15) is 6.42 Å². The highest BCUT2D eigenvalue weighted by atomic mass is 15.3. The van der Waals surface area contributed by atoms with Gasteiger partial charge in [-0.3, -0.25) is 0 Å². The van der Waals surface area contributed by atoms with Crippen LogP contribution in [-0.2, 0) is 0 Å². The van der Waals surface area contributed by atoms with Crippen molar-refractivity contribution in [2.45, 2.75) is 12.5 Å². The van der Waals surface area contributed by atoms with Gasteiger partial charge in [-0.05, 0) is 25.1 Å². The van der Waals surface area contributed by atoms with Gasteiger partial charge < -0.3 is 15.2 Å². The molecule has 5 heteroatoms. The predicted molar refractivity (Wildman–Crippen MR) is 71.5 cm³/mol. The minimum atomic E-state index is 0.501. The minimum absolute atomic E-state index is 0.501. The highest BCUT2D eigenvalue weighted by molar-refractivity contribution is 5.57. The van der Waals surface area contributed by atoms with E-state index >= 15 is 0 Å². The number of anilines is 1. The first-order chi connectivity index (χ1) is 8.84. The van der Waals surface area contributed by atoms with E-state index in [0.29, 0.717) is 6.04 Å². The second-order valence-corrected chi connectivity index (χ2v) is 4.61. The van der Waals surface area contributed by atoms with E-state index < -0.39 is 0 Å². The van der Waals surface area contributed by atoms with E-state index in [1.54, 1.807) is 0 Å². The summed E-state index contributed by atoms with van der Waals surface area (Å²) in [4.78, 5) is 14.2. The number of aromatic amines is 1. The van der Waals surface area contributed by atoms with Crippen molar-refractivity contribution < 1.29 is 0 Å². The standard InChI is InChI=1S/C13H17N5/c1-18(11-4-6-14-9-11)13-16-7-10(8-17-13)12-3-2-5-15-12/h2-3,5,7-8,11,14-15H,4,6,9H2,1H3. The van der Waals surface area contributed by atoms with Crippen molar-refractivity contribution in [3.8, 4) is 11.3 Å². The SMILES string of the molecule is CN(c1ncc(-c2ccc[nH]2)cn1)C1CCNC1. The lowest BCUT2D eigenvalue weighted by atomic mass is 10.2. The molecule has 2 N–H and O–H groups in total. The maximum Gasteiger partial charge on any atom is 0.225 e. The molecule has 5 nitrogen and oxygen atoms in total.